The SMILES string of the molecule is NC(=O)C(N)CCOc1ccc2ccccc2c1. The average molecular weight is 244 g/mol. The Labute approximate surface area is 106 Å². The van der Waals surface area contributed by atoms with E-state index in [4.69, 9.17) is 16.2 Å². The van der Waals surface area contributed by atoms with Gasteiger partial charge in [-0.1, -0.05) is 30.3 Å². The molecule has 0 aliphatic rings. The van der Waals surface area contributed by atoms with E-state index in [1.807, 2.05) is 42.5 Å². The number of hydrogen-bond acceptors (Lipinski definition) is 3. The second-order valence-electron chi connectivity index (χ2n) is 4.15. The molecule has 4 nitrogen and oxygen atoms in total. The summed E-state index contributed by atoms with van der Waals surface area (Å²) < 4.78 is 5.55. The molecule has 2 aromatic rings. The summed E-state index contributed by atoms with van der Waals surface area (Å²) in [5, 5.41) is 2.29. The number of amides is 1. The molecule has 1 atom stereocenters. The van der Waals surface area contributed by atoms with E-state index in [1.165, 1.54) is 5.39 Å². The minimum absolute atomic E-state index is 0.377. The molecule has 1 unspecified atom stereocenters. The second-order valence-corrected chi connectivity index (χ2v) is 4.15. The van der Waals surface area contributed by atoms with Crippen molar-refractivity contribution >= 4 is 16.7 Å². The number of fused-ring (bicyclic) bond motifs is 1. The van der Waals surface area contributed by atoms with Crippen LogP contribution in [0.1, 0.15) is 6.42 Å². The molecule has 0 radical (unpaired) electrons. The molecule has 1 amide bonds. The summed E-state index contributed by atoms with van der Waals surface area (Å²) in [6, 6.07) is 13.3. The van der Waals surface area contributed by atoms with E-state index in [9.17, 15) is 4.79 Å². The van der Waals surface area contributed by atoms with Gasteiger partial charge in [-0.05, 0) is 22.9 Å². The van der Waals surface area contributed by atoms with Crippen molar-refractivity contribution in [3.05, 3.63) is 42.5 Å². The monoisotopic (exact) mass is 244 g/mol. The maximum Gasteiger partial charge on any atom is 0.234 e. The Kier molecular flexibility index (Phi) is 3.79. The van der Waals surface area contributed by atoms with Crippen molar-refractivity contribution in [2.75, 3.05) is 6.61 Å². The summed E-state index contributed by atoms with van der Waals surface area (Å²) in [6.07, 6.45) is 0.419. The highest BCUT2D eigenvalue weighted by Crippen LogP contribution is 2.20. The van der Waals surface area contributed by atoms with Gasteiger partial charge >= 0.3 is 0 Å². The predicted octanol–water partition coefficient (Wildman–Crippen LogP) is 1.42. The Balaban J connectivity index is 1.98. The molecule has 0 aliphatic carbocycles. The number of primary amides is 1. The second kappa shape index (κ2) is 5.51. The summed E-state index contributed by atoms with van der Waals surface area (Å²) in [5.74, 6) is 0.266. The molecule has 0 fully saturated rings. The molecule has 0 saturated carbocycles. The zero-order valence-corrected chi connectivity index (χ0v) is 10.0. The minimum atomic E-state index is -0.648. The highest BCUT2D eigenvalue weighted by Gasteiger charge is 2.08. The van der Waals surface area contributed by atoms with Gasteiger partial charge in [-0.25, -0.2) is 0 Å². The van der Waals surface area contributed by atoms with E-state index in [2.05, 4.69) is 0 Å². The van der Waals surface area contributed by atoms with Crippen LogP contribution in [0.15, 0.2) is 42.5 Å². The van der Waals surface area contributed by atoms with Crippen LogP contribution in [0.3, 0.4) is 0 Å². The lowest BCUT2D eigenvalue weighted by atomic mass is 10.1. The third kappa shape index (κ3) is 2.99. The first-order valence-corrected chi connectivity index (χ1v) is 5.83. The maximum atomic E-state index is 10.8. The molecular weight excluding hydrogens is 228 g/mol. The first-order valence-electron chi connectivity index (χ1n) is 5.83. The Morgan fingerprint density at radius 3 is 2.61 bits per heavy atom. The van der Waals surface area contributed by atoms with Gasteiger partial charge < -0.3 is 16.2 Å². The lowest BCUT2D eigenvalue weighted by molar-refractivity contribution is -0.119. The highest BCUT2D eigenvalue weighted by molar-refractivity contribution is 5.83. The first-order chi connectivity index (χ1) is 8.66. The van der Waals surface area contributed by atoms with Gasteiger partial charge in [-0.15, -0.1) is 0 Å². The molecule has 18 heavy (non-hydrogen) atoms. The molecular formula is C14H16N2O2. The van der Waals surface area contributed by atoms with Crippen molar-refractivity contribution in [3.63, 3.8) is 0 Å². The van der Waals surface area contributed by atoms with Crippen LogP contribution < -0.4 is 16.2 Å². The summed E-state index contributed by atoms with van der Waals surface area (Å²) >= 11 is 0. The Bertz CT molecular complexity index is 554. The lowest BCUT2D eigenvalue weighted by Gasteiger charge is -2.09. The molecule has 0 aromatic heterocycles. The van der Waals surface area contributed by atoms with Gasteiger partial charge in [0.25, 0.3) is 0 Å². The molecule has 4 N–H and O–H groups in total. The zero-order valence-electron chi connectivity index (χ0n) is 10.0. The first kappa shape index (κ1) is 12.4. The number of ether oxygens (including phenoxy) is 1. The van der Waals surface area contributed by atoms with Crippen LogP contribution in [0, 0.1) is 0 Å². The summed E-state index contributed by atoms with van der Waals surface area (Å²) in [6.45, 7) is 0.377. The van der Waals surface area contributed by atoms with Crippen LogP contribution in [0.2, 0.25) is 0 Å². The fourth-order valence-electron chi connectivity index (χ4n) is 1.70. The zero-order chi connectivity index (χ0) is 13.0. The lowest BCUT2D eigenvalue weighted by Crippen LogP contribution is -2.37. The topological polar surface area (TPSA) is 78.3 Å². The Morgan fingerprint density at radius 1 is 1.17 bits per heavy atom. The molecule has 0 heterocycles. The fraction of sp³-hybridized carbons (Fsp3) is 0.214. The largest absolute Gasteiger partial charge is 0.493 e. The van der Waals surface area contributed by atoms with Gasteiger partial charge in [-0.2, -0.15) is 0 Å². The normalized spacial score (nSPS) is 12.3. The van der Waals surface area contributed by atoms with E-state index >= 15 is 0 Å². The molecule has 0 saturated heterocycles. The molecule has 4 heteroatoms. The summed E-state index contributed by atoms with van der Waals surface area (Å²) in [4.78, 5) is 10.8. The van der Waals surface area contributed by atoms with E-state index in [-0.39, 0.29) is 0 Å². The van der Waals surface area contributed by atoms with Crippen LogP contribution >= 0.6 is 0 Å². The molecule has 0 aliphatic heterocycles. The highest BCUT2D eigenvalue weighted by atomic mass is 16.5. The average Bonchev–Trinajstić information content (AvgIpc) is 2.38. The van der Waals surface area contributed by atoms with Gasteiger partial charge in [0.1, 0.15) is 5.75 Å². The smallest absolute Gasteiger partial charge is 0.234 e. The van der Waals surface area contributed by atoms with Gasteiger partial charge in [0.15, 0.2) is 0 Å². The number of carbonyl (C=O) groups is 1. The quantitative estimate of drug-likeness (QED) is 0.835. The Morgan fingerprint density at radius 2 is 1.89 bits per heavy atom. The third-order valence-corrected chi connectivity index (χ3v) is 2.78. The van der Waals surface area contributed by atoms with E-state index in [0.29, 0.717) is 13.0 Å². The number of carbonyl (C=O) groups excluding carboxylic acids is 1. The number of nitrogens with two attached hydrogens (primary N) is 2. The summed E-state index contributed by atoms with van der Waals surface area (Å²) in [7, 11) is 0. The predicted molar refractivity (Wildman–Crippen MR) is 71.2 cm³/mol. The van der Waals surface area contributed by atoms with Crippen molar-refractivity contribution in [1.82, 2.24) is 0 Å². The van der Waals surface area contributed by atoms with E-state index in [1.54, 1.807) is 0 Å². The van der Waals surface area contributed by atoms with Crippen molar-refractivity contribution in [1.29, 1.82) is 0 Å². The third-order valence-electron chi connectivity index (χ3n) is 2.78. The number of benzene rings is 2. The van der Waals surface area contributed by atoms with E-state index < -0.39 is 11.9 Å². The van der Waals surface area contributed by atoms with Crippen molar-refractivity contribution in [3.8, 4) is 5.75 Å². The van der Waals surface area contributed by atoms with Gasteiger partial charge in [0.2, 0.25) is 5.91 Å². The molecule has 94 valence electrons. The number of hydrogen-bond donors (Lipinski definition) is 2. The molecule has 2 rings (SSSR count). The van der Waals surface area contributed by atoms with Crippen LogP contribution in [-0.4, -0.2) is 18.6 Å². The van der Waals surface area contributed by atoms with Crippen LogP contribution in [-0.2, 0) is 4.79 Å². The minimum Gasteiger partial charge on any atom is -0.493 e. The maximum absolute atomic E-state index is 10.8. The summed E-state index contributed by atoms with van der Waals surface area (Å²) in [5.41, 5.74) is 10.6. The van der Waals surface area contributed by atoms with E-state index in [0.717, 1.165) is 11.1 Å². The van der Waals surface area contributed by atoms with Gasteiger partial charge in [0.05, 0.1) is 12.6 Å². The fourth-order valence-corrected chi connectivity index (χ4v) is 1.70. The molecule has 0 spiro atoms. The Hall–Kier alpha value is -2.07. The van der Waals surface area contributed by atoms with Crippen LogP contribution in [0.5, 0.6) is 5.75 Å². The van der Waals surface area contributed by atoms with Crippen molar-refractivity contribution < 1.29 is 9.53 Å². The molecule has 2 aromatic carbocycles. The van der Waals surface area contributed by atoms with Crippen LogP contribution in [0.4, 0.5) is 0 Å². The van der Waals surface area contributed by atoms with Crippen molar-refractivity contribution in [2.45, 2.75) is 12.5 Å². The van der Waals surface area contributed by atoms with Crippen molar-refractivity contribution in [2.24, 2.45) is 11.5 Å². The van der Waals surface area contributed by atoms with Crippen LogP contribution in [0.25, 0.3) is 10.8 Å². The standard InChI is InChI=1S/C14H16N2O2/c15-13(14(16)17)7-8-18-12-6-5-10-3-1-2-4-11(10)9-12/h1-6,9,13H,7-8,15H2,(H2,16,17). The molecule has 0 bridgehead atoms. The van der Waals surface area contributed by atoms with Gasteiger partial charge in [-0.3, -0.25) is 4.79 Å². The van der Waals surface area contributed by atoms with Gasteiger partial charge in [0, 0.05) is 6.42 Å². The number of rotatable bonds is 5.